The maximum atomic E-state index is 11.9. The Balaban J connectivity index is 0. The Bertz CT molecular complexity index is 464. The monoisotopic (exact) mass is 614 g/mol. The van der Waals surface area contributed by atoms with Crippen LogP contribution in [0.2, 0.25) is 0 Å². The van der Waals surface area contributed by atoms with Crippen molar-refractivity contribution < 1.29 is 33.8 Å². The molecule has 0 saturated heterocycles. The van der Waals surface area contributed by atoms with Crippen LogP contribution in [0.4, 0.5) is 0 Å². The summed E-state index contributed by atoms with van der Waals surface area (Å²) in [5.74, 6) is -0.647. The Labute approximate surface area is 264 Å². The van der Waals surface area contributed by atoms with E-state index in [9.17, 15) is 9.59 Å². The van der Waals surface area contributed by atoms with Gasteiger partial charge in [-0.05, 0) is 12.8 Å². The topological polar surface area (TPSA) is 43.4 Å². The van der Waals surface area contributed by atoms with Gasteiger partial charge in [-0.2, -0.15) is 0 Å². The van der Waals surface area contributed by atoms with Crippen LogP contribution in [0, 0.1) is 0 Å². The van der Waals surface area contributed by atoms with Crippen LogP contribution in [0.1, 0.15) is 219 Å². The molecule has 4 heteroatoms. The second kappa shape index (κ2) is 36.8. The van der Waals surface area contributed by atoms with Gasteiger partial charge in [0.15, 0.2) is 0 Å². The predicted octanol–water partition coefficient (Wildman–Crippen LogP) is 12.6. The standard InChI is InChI=1S/C36H70O3.Zn/c1-3-5-7-9-11-13-15-17-19-21-23-25-27-29-31-33-35(37)39-36(38)34-32-30-28-26-24-22-20-18-16-14-12-10-8-6-4-2;/h3-34H2,1-2H3;. The molecule has 0 N–H and O–H groups in total. The van der Waals surface area contributed by atoms with Crippen LogP contribution in [0.3, 0.4) is 0 Å². The van der Waals surface area contributed by atoms with Crippen molar-refractivity contribution in [1.29, 1.82) is 0 Å². The summed E-state index contributed by atoms with van der Waals surface area (Å²) in [6, 6.07) is 0. The summed E-state index contributed by atoms with van der Waals surface area (Å²) in [5, 5.41) is 0. The van der Waals surface area contributed by atoms with E-state index in [4.69, 9.17) is 4.74 Å². The zero-order valence-corrected chi connectivity index (χ0v) is 30.5. The number of rotatable bonds is 32. The zero-order chi connectivity index (χ0) is 28.5. The summed E-state index contributed by atoms with van der Waals surface area (Å²) in [6.45, 7) is 4.55. The van der Waals surface area contributed by atoms with Crippen molar-refractivity contribution in [2.75, 3.05) is 0 Å². The van der Waals surface area contributed by atoms with Gasteiger partial charge in [-0.15, -0.1) is 0 Å². The molecule has 3 nitrogen and oxygen atoms in total. The average Bonchev–Trinajstić information content (AvgIpc) is 2.93. The first-order valence-corrected chi connectivity index (χ1v) is 17.9. The smallest absolute Gasteiger partial charge is 0.313 e. The number of carbonyl (C=O) groups is 2. The minimum Gasteiger partial charge on any atom is -0.393 e. The van der Waals surface area contributed by atoms with Gasteiger partial charge in [-0.3, -0.25) is 9.59 Å². The van der Waals surface area contributed by atoms with E-state index in [1.54, 1.807) is 0 Å². The van der Waals surface area contributed by atoms with E-state index >= 15 is 0 Å². The molecular weight excluding hydrogens is 546 g/mol. The third kappa shape index (κ3) is 35.8. The molecule has 0 bridgehead atoms. The van der Waals surface area contributed by atoms with Gasteiger partial charge in [0.1, 0.15) is 0 Å². The second-order valence-electron chi connectivity index (χ2n) is 12.2. The van der Waals surface area contributed by atoms with Crippen LogP contribution >= 0.6 is 0 Å². The van der Waals surface area contributed by atoms with E-state index in [-0.39, 0.29) is 31.4 Å². The number of hydrogen-bond acceptors (Lipinski definition) is 3. The summed E-state index contributed by atoms with van der Waals surface area (Å²) in [7, 11) is 0. The number of hydrogen-bond donors (Lipinski definition) is 0. The fraction of sp³-hybridized carbons (Fsp3) is 0.944. The number of unbranched alkanes of at least 4 members (excludes halogenated alkanes) is 28. The van der Waals surface area contributed by atoms with Gasteiger partial charge < -0.3 is 4.74 Å². The van der Waals surface area contributed by atoms with Crippen molar-refractivity contribution >= 4 is 11.9 Å². The third-order valence-electron chi connectivity index (χ3n) is 8.20. The first-order chi connectivity index (χ1) is 19.2. The van der Waals surface area contributed by atoms with Crippen LogP contribution in [-0.2, 0) is 33.8 Å². The van der Waals surface area contributed by atoms with Crippen molar-refractivity contribution in [3.05, 3.63) is 0 Å². The maximum absolute atomic E-state index is 11.9. The number of ether oxygens (including phenoxy) is 1. The Hall–Kier alpha value is -0.237. The molecule has 0 saturated carbocycles. The SMILES string of the molecule is CCCCCCCCCCCCCCCCCC(=O)OC(=O)CCCCCCCCCCCCCCCCC.[Zn]. The summed E-state index contributed by atoms with van der Waals surface area (Å²) in [6.07, 6.45) is 40.1. The minimum atomic E-state index is -0.323. The normalized spacial score (nSPS) is 10.9. The van der Waals surface area contributed by atoms with Crippen LogP contribution in [0.15, 0.2) is 0 Å². The van der Waals surface area contributed by atoms with Gasteiger partial charge in [0.05, 0.1) is 0 Å². The summed E-state index contributed by atoms with van der Waals surface area (Å²) >= 11 is 0. The van der Waals surface area contributed by atoms with E-state index in [0.717, 1.165) is 25.7 Å². The van der Waals surface area contributed by atoms with Crippen LogP contribution < -0.4 is 0 Å². The molecule has 0 radical (unpaired) electrons. The molecule has 0 fully saturated rings. The van der Waals surface area contributed by atoms with Crippen LogP contribution in [0.5, 0.6) is 0 Å². The molecule has 0 heterocycles. The van der Waals surface area contributed by atoms with Gasteiger partial charge in [0.2, 0.25) is 0 Å². The molecular formula is C36H70O3Zn. The summed E-state index contributed by atoms with van der Waals surface area (Å²) in [4.78, 5) is 23.8. The molecule has 0 aromatic rings. The molecule has 0 spiro atoms. The first-order valence-electron chi connectivity index (χ1n) is 17.9. The quantitative estimate of drug-likeness (QED) is 0.0327. The van der Waals surface area contributed by atoms with Crippen LogP contribution in [0.25, 0.3) is 0 Å². The van der Waals surface area contributed by atoms with E-state index in [1.165, 1.54) is 167 Å². The molecule has 0 aliphatic heterocycles. The van der Waals surface area contributed by atoms with Gasteiger partial charge in [-0.1, -0.05) is 194 Å². The fourth-order valence-corrected chi connectivity index (χ4v) is 5.51. The van der Waals surface area contributed by atoms with Gasteiger partial charge >= 0.3 is 11.9 Å². The largest absolute Gasteiger partial charge is 0.393 e. The molecule has 0 amide bonds. The first kappa shape index (κ1) is 41.9. The Kier molecular flexibility index (Phi) is 38.5. The number of carbonyl (C=O) groups excluding carboxylic acids is 2. The zero-order valence-electron chi connectivity index (χ0n) is 27.6. The second-order valence-corrected chi connectivity index (χ2v) is 12.2. The Morgan fingerprint density at radius 3 is 0.700 bits per heavy atom. The Morgan fingerprint density at radius 2 is 0.500 bits per heavy atom. The molecule has 40 heavy (non-hydrogen) atoms. The van der Waals surface area contributed by atoms with Crippen molar-refractivity contribution in [3.8, 4) is 0 Å². The van der Waals surface area contributed by atoms with E-state index < -0.39 is 0 Å². The maximum Gasteiger partial charge on any atom is 0.313 e. The molecule has 0 atom stereocenters. The van der Waals surface area contributed by atoms with Crippen molar-refractivity contribution in [2.24, 2.45) is 0 Å². The summed E-state index contributed by atoms with van der Waals surface area (Å²) in [5.41, 5.74) is 0. The molecule has 0 aliphatic rings. The van der Waals surface area contributed by atoms with Crippen molar-refractivity contribution in [3.63, 3.8) is 0 Å². The third-order valence-corrected chi connectivity index (χ3v) is 8.20. The molecule has 0 aliphatic carbocycles. The molecule has 0 aromatic heterocycles. The van der Waals surface area contributed by atoms with Crippen LogP contribution in [-0.4, -0.2) is 11.9 Å². The summed E-state index contributed by atoms with van der Waals surface area (Å²) < 4.78 is 5.01. The van der Waals surface area contributed by atoms with Gasteiger partial charge in [0.25, 0.3) is 0 Å². The Morgan fingerprint density at radius 1 is 0.325 bits per heavy atom. The molecule has 0 unspecified atom stereocenters. The average molecular weight is 616 g/mol. The van der Waals surface area contributed by atoms with Crippen molar-refractivity contribution in [1.82, 2.24) is 0 Å². The van der Waals surface area contributed by atoms with E-state index in [0.29, 0.717) is 12.8 Å². The van der Waals surface area contributed by atoms with Gasteiger partial charge in [0, 0.05) is 32.3 Å². The van der Waals surface area contributed by atoms with E-state index in [2.05, 4.69) is 13.8 Å². The predicted molar refractivity (Wildman–Crippen MR) is 170 cm³/mol. The molecule has 0 rings (SSSR count). The number of esters is 2. The van der Waals surface area contributed by atoms with Crippen molar-refractivity contribution in [2.45, 2.75) is 219 Å². The van der Waals surface area contributed by atoms with E-state index in [1.807, 2.05) is 0 Å². The van der Waals surface area contributed by atoms with Gasteiger partial charge in [-0.25, -0.2) is 0 Å². The fourth-order valence-electron chi connectivity index (χ4n) is 5.51. The molecule has 234 valence electrons. The molecule has 0 aromatic carbocycles. The minimum absolute atomic E-state index is 0.